The predicted molar refractivity (Wildman–Crippen MR) is 136 cm³/mol. The van der Waals surface area contributed by atoms with Gasteiger partial charge in [0, 0.05) is 5.02 Å². The maximum Gasteiger partial charge on any atom is 0.264 e. The van der Waals surface area contributed by atoms with Gasteiger partial charge in [-0.15, -0.1) is 0 Å². The predicted octanol–water partition coefficient (Wildman–Crippen LogP) is 5.43. The zero-order valence-electron chi connectivity index (χ0n) is 19.7. The lowest BCUT2D eigenvalue weighted by Crippen LogP contribution is -2.41. The van der Waals surface area contributed by atoms with Crippen LogP contribution in [0, 0.1) is 13.8 Å². The summed E-state index contributed by atoms with van der Waals surface area (Å²) in [6.45, 7) is 7.86. The Hall–Kier alpha value is -3.03. The Labute approximate surface area is 206 Å². The molecule has 0 spiro atoms. The van der Waals surface area contributed by atoms with Crippen molar-refractivity contribution in [2.75, 3.05) is 17.5 Å². The molecule has 0 saturated carbocycles. The van der Waals surface area contributed by atoms with Gasteiger partial charge in [-0.2, -0.15) is 0 Å². The normalized spacial score (nSPS) is 12.1. The lowest BCUT2D eigenvalue weighted by atomic mass is 10.0. The van der Waals surface area contributed by atoms with E-state index in [1.807, 2.05) is 39.8 Å². The minimum atomic E-state index is -4.03. The number of aryl methyl sites for hydroxylation is 2. The molecule has 34 heavy (non-hydrogen) atoms. The summed E-state index contributed by atoms with van der Waals surface area (Å²) in [5, 5.41) is 3.35. The van der Waals surface area contributed by atoms with Gasteiger partial charge in [-0.1, -0.05) is 35.4 Å². The highest BCUT2D eigenvalue weighted by Crippen LogP contribution is 2.27. The molecule has 1 amide bonds. The zero-order valence-corrected chi connectivity index (χ0v) is 21.3. The van der Waals surface area contributed by atoms with Gasteiger partial charge in [0.15, 0.2) is 0 Å². The molecule has 180 valence electrons. The number of ether oxygens (including phenoxy) is 1. The Morgan fingerprint density at radius 1 is 1.03 bits per heavy atom. The molecule has 0 bridgehead atoms. The van der Waals surface area contributed by atoms with Crippen molar-refractivity contribution in [3.63, 3.8) is 0 Å². The van der Waals surface area contributed by atoms with Crippen molar-refractivity contribution >= 4 is 33.2 Å². The third-order valence-corrected chi connectivity index (χ3v) is 7.43. The summed E-state index contributed by atoms with van der Waals surface area (Å²) in [6, 6.07) is 18.2. The van der Waals surface area contributed by atoms with Gasteiger partial charge < -0.3 is 10.1 Å². The number of carbonyl (C=O) groups excluding carboxylic acids is 1. The van der Waals surface area contributed by atoms with Crippen molar-refractivity contribution in [2.24, 2.45) is 0 Å². The third kappa shape index (κ3) is 6.10. The van der Waals surface area contributed by atoms with E-state index >= 15 is 0 Å². The zero-order chi connectivity index (χ0) is 24.9. The van der Waals surface area contributed by atoms with Gasteiger partial charge in [0.1, 0.15) is 12.3 Å². The van der Waals surface area contributed by atoms with Gasteiger partial charge in [0.25, 0.3) is 10.0 Å². The maximum absolute atomic E-state index is 13.5. The van der Waals surface area contributed by atoms with Gasteiger partial charge in [-0.3, -0.25) is 9.10 Å². The average molecular weight is 501 g/mol. The summed E-state index contributed by atoms with van der Waals surface area (Å²) in [5.41, 5.74) is 3.53. The van der Waals surface area contributed by atoms with Crippen LogP contribution in [-0.2, 0) is 14.8 Å². The molecule has 0 saturated heterocycles. The molecule has 3 aromatic carbocycles. The molecular weight excluding hydrogens is 472 g/mol. The molecule has 0 aliphatic heterocycles. The number of rotatable bonds is 9. The van der Waals surface area contributed by atoms with Crippen LogP contribution >= 0.6 is 11.6 Å². The van der Waals surface area contributed by atoms with Crippen molar-refractivity contribution in [1.82, 2.24) is 5.32 Å². The van der Waals surface area contributed by atoms with Crippen LogP contribution in [0.25, 0.3) is 0 Å². The Morgan fingerprint density at radius 2 is 1.68 bits per heavy atom. The van der Waals surface area contributed by atoms with E-state index < -0.39 is 15.9 Å². The van der Waals surface area contributed by atoms with Crippen LogP contribution in [0.15, 0.2) is 71.6 Å². The standard InChI is InChI=1S/C26H29ClN2O4S/c1-5-33-23-11-9-22(10-12-23)29(34(31,32)24-13-7-21(27)8-14-24)17-26(30)28-20(4)25-15-6-18(2)16-19(25)3/h6-16,20H,5,17H2,1-4H3,(H,28,30)/t20-/m0/s1. The van der Waals surface area contributed by atoms with Gasteiger partial charge in [-0.25, -0.2) is 8.42 Å². The molecule has 0 unspecified atom stereocenters. The van der Waals surface area contributed by atoms with Crippen molar-refractivity contribution in [3.8, 4) is 5.75 Å². The molecule has 6 nitrogen and oxygen atoms in total. The van der Waals surface area contributed by atoms with Crippen LogP contribution < -0.4 is 14.4 Å². The lowest BCUT2D eigenvalue weighted by Gasteiger charge is -2.25. The summed E-state index contributed by atoms with van der Waals surface area (Å²) in [4.78, 5) is 13.1. The molecule has 0 aliphatic carbocycles. The van der Waals surface area contributed by atoms with Gasteiger partial charge in [0.05, 0.1) is 23.2 Å². The Bertz CT molecular complexity index is 1240. The number of hydrogen-bond donors (Lipinski definition) is 1. The first-order valence-electron chi connectivity index (χ1n) is 11.0. The molecular formula is C26H29ClN2O4S. The van der Waals surface area contributed by atoms with Crippen molar-refractivity contribution < 1.29 is 17.9 Å². The summed E-state index contributed by atoms with van der Waals surface area (Å²) >= 11 is 5.94. The minimum Gasteiger partial charge on any atom is -0.494 e. The van der Waals surface area contributed by atoms with Crippen LogP contribution in [0.2, 0.25) is 5.02 Å². The van der Waals surface area contributed by atoms with E-state index in [1.54, 1.807) is 24.3 Å². The molecule has 1 N–H and O–H groups in total. The third-order valence-electron chi connectivity index (χ3n) is 5.39. The van der Waals surface area contributed by atoms with E-state index in [1.165, 1.54) is 24.3 Å². The average Bonchev–Trinajstić information content (AvgIpc) is 2.78. The minimum absolute atomic E-state index is 0.0426. The molecule has 0 radical (unpaired) electrons. The number of hydrogen-bond acceptors (Lipinski definition) is 4. The molecule has 3 rings (SSSR count). The number of nitrogens with one attached hydrogen (secondary N) is 1. The summed E-state index contributed by atoms with van der Waals surface area (Å²) in [7, 11) is -4.03. The van der Waals surface area contributed by atoms with E-state index in [9.17, 15) is 13.2 Å². The number of sulfonamides is 1. The van der Waals surface area contributed by atoms with Gasteiger partial charge >= 0.3 is 0 Å². The van der Waals surface area contributed by atoms with Crippen molar-refractivity contribution in [3.05, 3.63) is 88.4 Å². The van der Waals surface area contributed by atoms with Crippen LogP contribution in [0.3, 0.4) is 0 Å². The van der Waals surface area contributed by atoms with Crippen LogP contribution in [0.5, 0.6) is 5.75 Å². The number of halogens is 1. The number of benzene rings is 3. The first-order chi connectivity index (χ1) is 16.1. The fourth-order valence-electron chi connectivity index (χ4n) is 3.73. The Kier molecular flexibility index (Phi) is 8.23. The van der Waals surface area contributed by atoms with Gasteiger partial charge in [-0.05, 0) is 87.4 Å². The maximum atomic E-state index is 13.5. The number of amides is 1. The first-order valence-corrected chi connectivity index (χ1v) is 12.8. The molecule has 0 heterocycles. The molecule has 8 heteroatoms. The molecule has 1 atom stereocenters. The fourth-order valence-corrected chi connectivity index (χ4v) is 5.28. The number of carbonyl (C=O) groups is 1. The molecule has 0 fully saturated rings. The van der Waals surface area contributed by atoms with Gasteiger partial charge in [0.2, 0.25) is 5.91 Å². The smallest absolute Gasteiger partial charge is 0.264 e. The largest absolute Gasteiger partial charge is 0.494 e. The number of anilines is 1. The topological polar surface area (TPSA) is 75.7 Å². The fraction of sp³-hybridized carbons (Fsp3) is 0.269. The highest BCUT2D eigenvalue weighted by molar-refractivity contribution is 7.92. The van der Waals surface area contributed by atoms with E-state index in [2.05, 4.69) is 11.4 Å². The van der Waals surface area contributed by atoms with Crippen LogP contribution in [0.4, 0.5) is 5.69 Å². The molecule has 0 aliphatic rings. The highest BCUT2D eigenvalue weighted by Gasteiger charge is 2.28. The highest BCUT2D eigenvalue weighted by atomic mass is 35.5. The first kappa shape index (κ1) is 25.6. The quantitative estimate of drug-likeness (QED) is 0.425. The summed E-state index contributed by atoms with van der Waals surface area (Å²) in [5.74, 6) is 0.196. The SMILES string of the molecule is CCOc1ccc(N(CC(=O)N[C@@H](C)c2ccc(C)cc2C)S(=O)(=O)c2ccc(Cl)cc2)cc1. The van der Waals surface area contributed by atoms with E-state index in [0.717, 1.165) is 21.0 Å². The second-order valence-corrected chi connectivity index (χ2v) is 10.3. The van der Waals surface area contributed by atoms with E-state index in [-0.39, 0.29) is 17.5 Å². The monoisotopic (exact) mass is 500 g/mol. The summed E-state index contributed by atoms with van der Waals surface area (Å²) < 4.78 is 33.6. The molecule has 0 aromatic heterocycles. The van der Waals surface area contributed by atoms with E-state index in [0.29, 0.717) is 23.1 Å². The second kappa shape index (κ2) is 10.9. The molecule has 3 aromatic rings. The van der Waals surface area contributed by atoms with Crippen molar-refractivity contribution in [2.45, 2.75) is 38.6 Å². The Balaban J connectivity index is 1.90. The number of nitrogens with zero attached hydrogens (tertiary/aromatic N) is 1. The van der Waals surface area contributed by atoms with Crippen LogP contribution in [-0.4, -0.2) is 27.5 Å². The van der Waals surface area contributed by atoms with Crippen LogP contribution in [0.1, 0.15) is 36.6 Å². The van der Waals surface area contributed by atoms with E-state index in [4.69, 9.17) is 16.3 Å². The van der Waals surface area contributed by atoms with Crippen molar-refractivity contribution in [1.29, 1.82) is 0 Å². The summed E-state index contributed by atoms with van der Waals surface area (Å²) in [6.07, 6.45) is 0. The Morgan fingerprint density at radius 3 is 2.26 bits per heavy atom. The lowest BCUT2D eigenvalue weighted by molar-refractivity contribution is -0.120. The second-order valence-electron chi connectivity index (χ2n) is 8.04.